The molecular weight excluding hydrogens is 200 g/mol. The number of alkyl halides is 1. The van der Waals surface area contributed by atoms with Crippen LogP contribution in [0.3, 0.4) is 0 Å². The van der Waals surface area contributed by atoms with Crippen molar-refractivity contribution < 1.29 is 4.52 Å². The van der Waals surface area contributed by atoms with Gasteiger partial charge in [-0.25, -0.2) is 0 Å². The normalized spacial score (nSPS) is 27.9. The fourth-order valence-corrected chi connectivity index (χ4v) is 2.27. The van der Waals surface area contributed by atoms with E-state index in [1.807, 2.05) is 0 Å². The largest absolute Gasteiger partial charge is 0.338 e. The number of hydrogen-bond acceptors (Lipinski definition) is 3. The second-order valence-corrected chi connectivity index (χ2v) is 4.42. The van der Waals surface area contributed by atoms with Gasteiger partial charge in [0.2, 0.25) is 5.89 Å². The monoisotopic (exact) mass is 214 g/mol. The molecule has 0 aromatic carbocycles. The van der Waals surface area contributed by atoms with Crippen molar-refractivity contribution >= 4 is 11.6 Å². The van der Waals surface area contributed by atoms with E-state index < -0.39 is 0 Å². The van der Waals surface area contributed by atoms with Crippen LogP contribution in [0.4, 0.5) is 0 Å². The van der Waals surface area contributed by atoms with Crippen LogP contribution in [-0.4, -0.2) is 10.1 Å². The Morgan fingerprint density at radius 3 is 3.00 bits per heavy atom. The lowest BCUT2D eigenvalue weighted by Crippen LogP contribution is -2.12. The molecule has 1 aliphatic carbocycles. The zero-order valence-electron chi connectivity index (χ0n) is 8.37. The van der Waals surface area contributed by atoms with Crippen molar-refractivity contribution in [3.8, 4) is 0 Å². The second-order valence-electron chi connectivity index (χ2n) is 4.15. The van der Waals surface area contributed by atoms with Crippen molar-refractivity contribution in [2.24, 2.45) is 5.92 Å². The quantitative estimate of drug-likeness (QED) is 0.711. The van der Waals surface area contributed by atoms with Crippen LogP contribution in [0.5, 0.6) is 0 Å². The number of rotatable bonds is 2. The third-order valence-electron chi connectivity index (χ3n) is 2.90. The molecule has 1 aromatic heterocycles. The van der Waals surface area contributed by atoms with Gasteiger partial charge in [-0.3, -0.25) is 0 Å². The molecule has 0 N–H and O–H groups in total. The number of nitrogens with zero attached hydrogens (tertiary/aromatic N) is 2. The molecule has 1 saturated carbocycles. The standard InChI is InChI=1S/C10H15ClN2O/c1-7-3-2-4-8(5-7)10-12-9(6-11)14-13-10/h7-8H,2-6H2,1H3. The van der Waals surface area contributed by atoms with Crippen molar-refractivity contribution in [2.45, 2.75) is 44.4 Å². The Balaban J connectivity index is 2.06. The topological polar surface area (TPSA) is 38.9 Å². The van der Waals surface area contributed by atoms with E-state index in [9.17, 15) is 0 Å². The van der Waals surface area contributed by atoms with Gasteiger partial charge in [-0.05, 0) is 18.8 Å². The van der Waals surface area contributed by atoms with Crippen molar-refractivity contribution in [3.63, 3.8) is 0 Å². The Morgan fingerprint density at radius 1 is 1.50 bits per heavy atom. The molecule has 1 fully saturated rings. The third kappa shape index (κ3) is 2.08. The maximum atomic E-state index is 5.61. The van der Waals surface area contributed by atoms with Gasteiger partial charge in [0.15, 0.2) is 5.82 Å². The lowest BCUT2D eigenvalue weighted by Gasteiger charge is -2.23. The van der Waals surface area contributed by atoms with E-state index in [-0.39, 0.29) is 0 Å². The molecule has 2 rings (SSSR count). The fourth-order valence-electron chi connectivity index (χ4n) is 2.16. The molecule has 1 aromatic rings. The lowest BCUT2D eigenvalue weighted by atomic mass is 9.82. The molecule has 0 aliphatic heterocycles. The Kier molecular flexibility index (Phi) is 3.06. The summed E-state index contributed by atoms with van der Waals surface area (Å²) in [6.45, 7) is 2.29. The number of halogens is 1. The molecule has 0 saturated heterocycles. The maximum Gasteiger partial charge on any atom is 0.241 e. The molecule has 0 amide bonds. The molecule has 4 heteroatoms. The van der Waals surface area contributed by atoms with Gasteiger partial charge in [-0.2, -0.15) is 4.98 Å². The van der Waals surface area contributed by atoms with Gasteiger partial charge < -0.3 is 4.52 Å². The van der Waals surface area contributed by atoms with E-state index in [2.05, 4.69) is 17.1 Å². The first-order valence-electron chi connectivity index (χ1n) is 5.18. The summed E-state index contributed by atoms with van der Waals surface area (Å²) in [7, 11) is 0. The smallest absolute Gasteiger partial charge is 0.241 e. The third-order valence-corrected chi connectivity index (χ3v) is 3.13. The Bertz CT molecular complexity index is 300. The van der Waals surface area contributed by atoms with Gasteiger partial charge in [0, 0.05) is 5.92 Å². The molecule has 0 spiro atoms. The summed E-state index contributed by atoms with van der Waals surface area (Å²) in [5.41, 5.74) is 0. The summed E-state index contributed by atoms with van der Waals surface area (Å²) in [6, 6.07) is 0. The van der Waals surface area contributed by atoms with Crippen LogP contribution >= 0.6 is 11.6 Å². The first-order chi connectivity index (χ1) is 6.79. The molecular formula is C10H15ClN2O. The Hall–Kier alpha value is -0.570. The van der Waals surface area contributed by atoms with Gasteiger partial charge in [-0.1, -0.05) is 24.9 Å². The summed E-state index contributed by atoms with van der Waals surface area (Å²) >= 11 is 5.61. The van der Waals surface area contributed by atoms with E-state index in [0.717, 1.165) is 11.7 Å². The average Bonchev–Trinajstić information content (AvgIpc) is 2.66. The van der Waals surface area contributed by atoms with Crippen LogP contribution in [0.15, 0.2) is 4.52 Å². The first-order valence-corrected chi connectivity index (χ1v) is 5.71. The molecule has 14 heavy (non-hydrogen) atoms. The molecule has 2 atom stereocenters. The molecule has 2 unspecified atom stereocenters. The minimum atomic E-state index is 0.315. The number of aromatic nitrogens is 2. The average molecular weight is 215 g/mol. The predicted molar refractivity (Wildman–Crippen MR) is 54.2 cm³/mol. The summed E-state index contributed by atoms with van der Waals surface area (Å²) in [5.74, 6) is 2.98. The zero-order valence-corrected chi connectivity index (χ0v) is 9.13. The van der Waals surface area contributed by atoms with E-state index in [4.69, 9.17) is 16.1 Å². The highest BCUT2D eigenvalue weighted by atomic mass is 35.5. The molecule has 1 aliphatic rings. The maximum absolute atomic E-state index is 5.61. The van der Waals surface area contributed by atoms with E-state index in [0.29, 0.717) is 17.7 Å². The highest BCUT2D eigenvalue weighted by molar-refractivity contribution is 6.16. The number of hydrogen-bond donors (Lipinski definition) is 0. The molecule has 3 nitrogen and oxygen atoms in total. The molecule has 1 heterocycles. The predicted octanol–water partition coefficient (Wildman–Crippen LogP) is 3.10. The molecule has 0 bridgehead atoms. The van der Waals surface area contributed by atoms with E-state index in [1.165, 1.54) is 25.7 Å². The van der Waals surface area contributed by atoms with Crippen molar-refractivity contribution in [1.29, 1.82) is 0 Å². The Labute approximate surface area is 88.8 Å². The van der Waals surface area contributed by atoms with Crippen molar-refractivity contribution in [1.82, 2.24) is 10.1 Å². The van der Waals surface area contributed by atoms with Crippen LogP contribution in [-0.2, 0) is 5.88 Å². The van der Waals surface area contributed by atoms with Crippen LogP contribution in [0.1, 0.15) is 50.2 Å². The van der Waals surface area contributed by atoms with Crippen LogP contribution in [0.2, 0.25) is 0 Å². The minimum absolute atomic E-state index is 0.315. The lowest BCUT2D eigenvalue weighted by molar-refractivity contribution is 0.321. The highest BCUT2D eigenvalue weighted by Gasteiger charge is 2.24. The van der Waals surface area contributed by atoms with Gasteiger partial charge in [0.05, 0.1) is 0 Å². The van der Waals surface area contributed by atoms with Crippen LogP contribution in [0.25, 0.3) is 0 Å². The molecule has 0 radical (unpaired) electrons. The van der Waals surface area contributed by atoms with E-state index in [1.54, 1.807) is 0 Å². The van der Waals surface area contributed by atoms with Crippen molar-refractivity contribution in [2.75, 3.05) is 0 Å². The summed E-state index contributed by atoms with van der Waals surface area (Å²) < 4.78 is 5.01. The minimum Gasteiger partial charge on any atom is -0.338 e. The molecule has 78 valence electrons. The van der Waals surface area contributed by atoms with Gasteiger partial charge in [0.25, 0.3) is 0 Å². The first kappa shape index (κ1) is 9.97. The fraction of sp³-hybridized carbons (Fsp3) is 0.800. The Morgan fingerprint density at radius 2 is 2.36 bits per heavy atom. The van der Waals surface area contributed by atoms with Crippen LogP contribution in [0, 0.1) is 5.92 Å². The van der Waals surface area contributed by atoms with Crippen LogP contribution < -0.4 is 0 Å². The second kappa shape index (κ2) is 4.30. The summed E-state index contributed by atoms with van der Waals surface area (Å²) in [6.07, 6.45) is 4.97. The van der Waals surface area contributed by atoms with E-state index >= 15 is 0 Å². The van der Waals surface area contributed by atoms with Gasteiger partial charge >= 0.3 is 0 Å². The van der Waals surface area contributed by atoms with Gasteiger partial charge in [0.1, 0.15) is 5.88 Å². The summed E-state index contributed by atoms with van der Waals surface area (Å²) in [4.78, 5) is 4.28. The van der Waals surface area contributed by atoms with Gasteiger partial charge in [-0.15, -0.1) is 11.6 Å². The summed E-state index contributed by atoms with van der Waals surface area (Å²) in [5, 5.41) is 3.97. The highest BCUT2D eigenvalue weighted by Crippen LogP contribution is 2.34. The zero-order chi connectivity index (χ0) is 9.97. The van der Waals surface area contributed by atoms with Crippen molar-refractivity contribution in [3.05, 3.63) is 11.7 Å². The SMILES string of the molecule is CC1CCCC(c2noc(CCl)n2)C1.